The van der Waals surface area contributed by atoms with Crippen molar-refractivity contribution in [3.05, 3.63) is 0 Å². The molecule has 0 saturated carbocycles. The van der Waals surface area contributed by atoms with Crippen LogP contribution in [0.15, 0.2) is 0 Å². The Hall–Kier alpha value is -0.680. The number of likely N-dealkylation sites (tertiary alicyclic amines) is 1. The Morgan fingerprint density at radius 3 is 2.71 bits per heavy atom. The van der Waals surface area contributed by atoms with E-state index >= 15 is 0 Å². The summed E-state index contributed by atoms with van der Waals surface area (Å²) in [6.45, 7) is 6.22. The lowest BCUT2D eigenvalue weighted by atomic mass is 9.94. The van der Waals surface area contributed by atoms with Gasteiger partial charge in [-0.1, -0.05) is 26.1 Å². The molecule has 1 aliphatic rings. The van der Waals surface area contributed by atoms with E-state index in [1.165, 1.54) is 0 Å². The molecule has 0 aromatic heterocycles. The van der Waals surface area contributed by atoms with Crippen LogP contribution in [0, 0.1) is 17.8 Å². The van der Waals surface area contributed by atoms with E-state index in [1.54, 1.807) is 7.11 Å². The molecule has 17 heavy (non-hydrogen) atoms. The predicted molar refractivity (Wildman–Crippen MR) is 71.7 cm³/mol. The molecule has 0 aliphatic carbocycles. The number of amides is 1. The Kier molecular flexibility index (Phi) is 5.33. The van der Waals surface area contributed by atoms with Gasteiger partial charge in [0, 0.05) is 26.1 Å². The Balaban J connectivity index is 2.61. The van der Waals surface area contributed by atoms with E-state index in [0.29, 0.717) is 17.5 Å². The summed E-state index contributed by atoms with van der Waals surface area (Å²) in [6.07, 6.45) is 1.00. The highest BCUT2D eigenvalue weighted by Crippen LogP contribution is 2.22. The van der Waals surface area contributed by atoms with Crippen molar-refractivity contribution in [1.29, 1.82) is 0 Å². The second kappa shape index (κ2) is 6.31. The molecule has 0 radical (unpaired) electrons. The van der Waals surface area contributed by atoms with E-state index in [0.717, 1.165) is 19.5 Å². The van der Waals surface area contributed by atoms with Crippen molar-refractivity contribution >= 4 is 23.1 Å². The molecule has 1 fully saturated rings. The van der Waals surface area contributed by atoms with Gasteiger partial charge in [-0.25, -0.2) is 0 Å². The standard InChI is InChI=1S/C12H22N2O2S/c1-8(2)10(11(13)17)12(15)14-5-4-9(6-14)7-16-3/h8-10H,4-7H2,1-3H3,(H2,13,17). The quantitative estimate of drug-likeness (QED) is 0.749. The van der Waals surface area contributed by atoms with Crippen LogP contribution in [0.3, 0.4) is 0 Å². The molecule has 2 unspecified atom stereocenters. The molecule has 1 rings (SSSR count). The van der Waals surface area contributed by atoms with E-state index in [9.17, 15) is 4.79 Å². The molecule has 2 N–H and O–H groups in total. The monoisotopic (exact) mass is 258 g/mol. The summed E-state index contributed by atoms with van der Waals surface area (Å²) in [5.74, 6) is 0.349. The number of hydrogen-bond acceptors (Lipinski definition) is 3. The van der Waals surface area contributed by atoms with Crippen molar-refractivity contribution in [1.82, 2.24) is 4.90 Å². The largest absolute Gasteiger partial charge is 0.393 e. The number of rotatable bonds is 5. The van der Waals surface area contributed by atoms with Crippen LogP contribution in [0.5, 0.6) is 0 Å². The van der Waals surface area contributed by atoms with E-state index < -0.39 is 0 Å². The summed E-state index contributed by atoms with van der Waals surface area (Å²) in [5, 5.41) is 0. The third-order valence-electron chi connectivity index (χ3n) is 3.24. The zero-order chi connectivity index (χ0) is 13.0. The number of hydrogen-bond donors (Lipinski definition) is 1. The van der Waals surface area contributed by atoms with E-state index in [1.807, 2.05) is 18.7 Å². The number of thiocarbonyl (C=S) groups is 1. The van der Waals surface area contributed by atoms with Crippen molar-refractivity contribution < 1.29 is 9.53 Å². The van der Waals surface area contributed by atoms with Crippen LogP contribution in [-0.2, 0) is 9.53 Å². The van der Waals surface area contributed by atoms with Gasteiger partial charge in [-0.2, -0.15) is 0 Å². The van der Waals surface area contributed by atoms with Crippen molar-refractivity contribution in [2.24, 2.45) is 23.5 Å². The predicted octanol–water partition coefficient (Wildman–Crippen LogP) is 1.04. The molecule has 1 aliphatic heterocycles. The molecule has 1 amide bonds. The van der Waals surface area contributed by atoms with Gasteiger partial charge in [0.1, 0.15) is 0 Å². The average Bonchev–Trinajstić information content (AvgIpc) is 2.65. The molecule has 2 atom stereocenters. The van der Waals surface area contributed by atoms with Crippen LogP contribution >= 0.6 is 12.2 Å². The van der Waals surface area contributed by atoms with Crippen LogP contribution < -0.4 is 5.73 Å². The second-order valence-corrected chi connectivity index (χ2v) is 5.49. The highest BCUT2D eigenvalue weighted by Gasteiger charge is 2.33. The maximum Gasteiger partial charge on any atom is 0.232 e. The van der Waals surface area contributed by atoms with Crippen molar-refractivity contribution in [3.63, 3.8) is 0 Å². The first-order valence-corrected chi connectivity index (χ1v) is 6.45. The molecular weight excluding hydrogens is 236 g/mol. The lowest BCUT2D eigenvalue weighted by molar-refractivity contribution is -0.133. The lowest BCUT2D eigenvalue weighted by Gasteiger charge is -2.25. The Morgan fingerprint density at radius 1 is 1.59 bits per heavy atom. The third-order valence-corrected chi connectivity index (χ3v) is 3.49. The minimum Gasteiger partial charge on any atom is -0.393 e. The molecule has 0 aromatic carbocycles. The van der Waals surface area contributed by atoms with Crippen LogP contribution in [-0.4, -0.2) is 42.6 Å². The molecule has 1 heterocycles. The second-order valence-electron chi connectivity index (χ2n) is 5.02. The first-order valence-electron chi connectivity index (χ1n) is 6.04. The topological polar surface area (TPSA) is 55.6 Å². The normalized spacial score (nSPS) is 21.9. The van der Waals surface area contributed by atoms with Gasteiger partial charge < -0.3 is 15.4 Å². The molecule has 5 heteroatoms. The van der Waals surface area contributed by atoms with Crippen LogP contribution in [0.25, 0.3) is 0 Å². The first kappa shape index (κ1) is 14.4. The molecule has 0 bridgehead atoms. The van der Waals surface area contributed by atoms with Gasteiger partial charge in [-0.15, -0.1) is 0 Å². The summed E-state index contributed by atoms with van der Waals surface area (Å²) in [5.41, 5.74) is 5.66. The summed E-state index contributed by atoms with van der Waals surface area (Å²) >= 11 is 4.99. The summed E-state index contributed by atoms with van der Waals surface area (Å²) in [4.78, 5) is 14.5. The number of methoxy groups -OCH3 is 1. The number of ether oxygens (including phenoxy) is 1. The summed E-state index contributed by atoms with van der Waals surface area (Å²) in [7, 11) is 1.69. The molecule has 98 valence electrons. The van der Waals surface area contributed by atoms with Gasteiger partial charge >= 0.3 is 0 Å². The lowest BCUT2D eigenvalue weighted by Crippen LogP contribution is -2.42. The van der Waals surface area contributed by atoms with Gasteiger partial charge in [-0.05, 0) is 12.3 Å². The van der Waals surface area contributed by atoms with Crippen LogP contribution in [0.2, 0.25) is 0 Å². The van der Waals surface area contributed by atoms with Crippen LogP contribution in [0.4, 0.5) is 0 Å². The highest BCUT2D eigenvalue weighted by atomic mass is 32.1. The highest BCUT2D eigenvalue weighted by molar-refractivity contribution is 7.80. The minimum atomic E-state index is -0.328. The average molecular weight is 258 g/mol. The molecule has 1 saturated heterocycles. The number of nitrogens with zero attached hydrogens (tertiary/aromatic N) is 1. The smallest absolute Gasteiger partial charge is 0.232 e. The fourth-order valence-corrected chi connectivity index (χ4v) is 2.71. The van der Waals surface area contributed by atoms with Crippen LogP contribution in [0.1, 0.15) is 20.3 Å². The Labute approximate surface area is 108 Å². The fraction of sp³-hybridized carbons (Fsp3) is 0.833. The minimum absolute atomic E-state index is 0.0751. The van der Waals surface area contributed by atoms with Gasteiger partial charge in [-0.3, -0.25) is 4.79 Å². The number of carbonyl (C=O) groups is 1. The molecular formula is C12H22N2O2S. The van der Waals surface area contributed by atoms with Crippen molar-refractivity contribution in [3.8, 4) is 0 Å². The zero-order valence-corrected chi connectivity index (χ0v) is 11.6. The van der Waals surface area contributed by atoms with Gasteiger partial charge in [0.25, 0.3) is 0 Å². The Morgan fingerprint density at radius 2 is 2.24 bits per heavy atom. The third kappa shape index (κ3) is 3.64. The zero-order valence-electron chi connectivity index (χ0n) is 10.8. The first-order chi connectivity index (χ1) is 7.97. The maximum absolute atomic E-state index is 12.3. The van der Waals surface area contributed by atoms with Crippen molar-refractivity contribution in [2.75, 3.05) is 26.8 Å². The SMILES string of the molecule is COCC1CCN(C(=O)C(C(N)=S)C(C)C)C1. The van der Waals surface area contributed by atoms with E-state index in [2.05, 4.69) is 0 Å². The van der Waals surface area contributed by atoms with Gasteiger partial charge in [0.05, 0.1) is 17.5 Å². The van der Waals surface area contributed by atoms with E-state index in [4.69, 9.17) is 22.7 Å². The molecule has 4 nitrogen and oxygen atoms in total. The number of nitrogens with two attached hydrogens (primary N) is 1. The fourth-order valence-electron chi connectivity index (χ4n) is 2.34. The maximum atomic E-state index is 12.3. The summed E-state index contributed by atoms with van der Waals surface area (Å²) < 4.78 is 5.12. The van der Waals surface area contributed by atoms with E-state index in [-0.39, 0.29) is 17.7 Å². The summed E-state index contributed by atoms with van der Waals surface area (Å²) in [6, 6.07) is 0. The van der Waals surface area contributed by atoms with Crippen molar-refractivity contribution in [2.45, 2.75) is 20.3 Å². The van der Waals surface area contributed by atoms with Gasteiger partial charge in [0.2, 0.25) is 5.91 Å². The Bertz CT molecular complexity index is 294. The number of carbonyl (C=O) groups excluding carboxylic acids is 1. The molecule has 0 aromatic rings. The van der Waals surface area contributed by atoms with Gasteiger partial charge in [0.15, 0.2) is 0 Å². The molecule has 0 spiro atoms.